The molecular formula is C22H21N5. The van der Waals surface area contributed by atoms with Crippen LogP contribution in [0.15, 0.2) is 91.0 Å². The van der Waals surface area contributed by atoms with Gasteiger partial charge in [0, 0.05) is 6.42 Å². The van der Waals surface area contributed by atoms with Crippen LogP contribution in [0.1, 0.15) is 22.5 Å². The molecule has 0 unspecified atom stereocenters. The lowest BCUT2D eigenvalue weighted by Gasteiger charge is -2.36. The van der Waals surface area contributed by atoms with Gasteiger partial charge in [-0.05, 0) is 33.7 Å². The van der Waals surface area contributed by atoms with Crippen molar-refractivity contribution in [3.63, 3.8) is 0 Å². The van der Waals surface area contributed by atoms with Gasteiger partial charge >= 0.3 is 0 Å². The van der Waals surface area contributed by atoms with Gasteiger partial charge in [-0.15, -0.1) is 5.10 Å². The largest absolute Gasteiger partial charge is 0.330 e. The Balaban J connectivity index is 2.12. The molecule has 0 radical (unpaired) electrons. The van der Waals surface area contributed by atoms with Crippen molar-refractivity contribution in [3.05, 3.63) is 114 Å². The molecule has 4 aromatic rings. The van der Waals surface area contributed by atoms with Gasteiger partial charge in [0.05, 0.1) is 0 Å². The van der Waals surface area contributed by atoms with Crippen molar-refractivity contribution in [2.24, 2.45) is 5.73 Å². The summed E-state index contributed by atoms with van der Waals surface area (Å²) in [6, 6.07) is 31.0. The van der Waals surface area contributed by atoms with Crippen molar-refractivity contribution < 1.29 is 0 Å². The summed E-state index contributed by atoms with van der Waals surface area (Å²) < 4.78 is 1.92. The van der Waals surface area contributed by atoms with Gasteiger partial charge < -0.3 is 5.73 Å². The van der Waals surface area contributed by atoms with Crippen molar-refractivity contribution in [3.8, 4) is 0 Å². The fraction of sp³-hybridized carbons (Fsp3) is 0.136. The summed E-state index contributed by atoms with van der Waals surface area (Å²) in [5.41, 5.74) is 8.43. The lowest BCUT2D eigenvalue weighted by molar-refractivity contribution is 0.430. The molecule has 0 spiro atoms. The maximum Gasteiger partial charge on any atom is 0.154 e. The van der Waals surface area contributed by atoms with E-state index in [9.17, 15) is 0 Å². The van der Waals surface area contributed by atoms with Gasteiger partial charge in [0.1, 0.15) is 5.54 Å². The quantitative estimate of drug-likeness (QED) is 0.540. The van der Waals surface area contributed by atoms with Crippen molar-refractivity contribution in [2.75, 3.05) is 6.54 Å². The van der Waals surface area contributed by atoms with Crippen LogP contribution in [0.5, 0.6) is 0 Å². The summed E-state index contributed by atoms with van der Waals surface area (Å²) in [6.07, 6.45) is 0.598. The molecule has 0 aliphatic carbocycles. The van der Waals surface area contributed by atoms with Gasteiger partial charge in [0.25, 0.3) is 0 Å². The molecule has 0 bridgehead atoms. The fourth-order valence-electron chi connectivity index (χ4n) is 3.66. The van der Waals surface area contributed by atoms with Crippen LogP contribution in [-0.2, 0) is 12.0 Å². The van der Waals surface area contributed by atoms with E-state index in [1.54, 1.807) is 0 Å². The molecule has 4 rings (SSSR count). The molecule has 3 aromatic carbocycles. The Labute approximate surface area is 158 Å². The zero-order chi connectivity index (χ0) is 18.5. The molecule has 0 atom stereocenters. The van der Waals surface area contributed by atoms with Gasteiger partial charge in [-0.3, -0.25) is 0 Å². The van der Waals surface area contributed by atoms with Crippen LogP contribution < -0.4 is 5.73 Å². The van der Waals surface area contributed by atoms with Crippen LogP contribution in [0.4, 0.5) is 0 Å². The van der Waals surface area contributed by atoms with Crippen LogP contribution >= 0.6 is 0 Å². The molecule has 134 valence electrons. The second kappa shape index (κ2) is 7.51. The smallest absolute Gasteiger partial charge is 0.154 e. The normalized spacial score (nSPS) is 11.4. The van der Waals surface area contributed by atoms with E-state index in [-0.39, 0.29) is 0 Å². The Bertz CT molecular complexity index is 884. The lowest BCUT2D eigenvalue weighted by atomic mass is 9.77. The Morgan fingerprint density at radius 1 is 0.704 bits per heavy atom. The Morgan fingerprint density at radius 3 is 1.56 bits per heavy atom. The number of benzene rings is 3. The summed E-state index contributed by atoms with van der Waals surface area (Å²) in [6.45, 7) is 0.481. The molecule has 2 N–H and O–H groups in total. The maximum absolute atomic E-state index is 5.84. The summed E-state index contributed by atoms with van der Waals surface area (Å²) in [4.78, 5) is 0. The molecule has 0 saturated carbocycles. The first kappa shape index (κ1) is 17.1. The van der Waals surface area contributed by atoms with Gasteiger partial charge in [0.15, 0.2) is 5.82 Å². The molecule has 1 aromatic heterocycles. The molecule has 1 heterocycles. The van der Waals surface area contributed by atoms with Gasteiger partial charge in [-0.25, -0.2) is 4.68 Å². The van der Waals surface area contributed by atoms with E-state index in [0.717, 1.165) is 22.5 Å². The summed E-state index contributed by atoms with van der Waals surface area (Å²) in [7, 11) is 0. The predicted molar refractivity (Wildman–Crippen MR) is 105 cm³/mol. The summed E-state index contributed by atoms with van der Waals surface area (Å²) >= 11 is 0. The van der Waals surface area contributed by atoms with Crippen molar-refractivity contribution in [1.82, 2.24) is 20.2 Å². The van der Waals surface area contributed by atoms with E-state index in [2.05, 4.69) is 51.9 Å². The van der Waals surface area contributed by atoms with Crippen LogP contribution in [0.2, 0.25) is 0 Å². The zero-order valence-corrected chi connectivity index (χ0v) is 14.9. The van der Waals surface area contributed by atoms with Crippen LogP contribution in [0.25, 0.3) is 0 Å². The highest BCUT2D eigenvalue weighted by Crippen LogP contribution is 2.40. The standard InChI is InChI=1S/C22H21N5/c23-17-16-21-24-25-26-27(21)22(18-10-4-1-5-11-18,19-12-6-2-7-13-19)20-14-8-3-9-15-20/h1-15H,16-17,23H2. The first-order valence-corrected chi connectivity index (χ1v) is 9.01. The Kier molecular flexibility index (Phi) is 4.77. The SMILES string of the molecule is NCCc1nnnn1C(c1ccccc1)(c1ccccc1)c1ccccc1. The summed E-state index contributed by atoms with van der Waals surface area (Å²) in [5, 5.41) is 12.7. The third-order valence-electron chi connectivity index (χ3n) is 4.79. The van der Waals surface area contributed by atoms with E-state index in [0.29, 0.717) is 13.0 Å². The predicted octanol–water partition coefficient (Wildman–Crippen LogP) is 3.01. The summed E-state index contributed by atoms with van der Waals surface area (Å²) in [5.74, 6) is 0.758. The minimum atomic E-state index is -0.683. The molecule has 0 saturated heterocycles. The second-order valence-corrected chi connectivity index (χ2v) is 6.35. The number of rotatable bonds is 6. The maximum atomic E-state index is 5.84. The molecule has 0 aliphatic rings. The highest BCUT2D eigenvalue weighted by molar-refractivity contribution is 5.50. The van der Waals surface area contributed by atoms with E-state index >= 15 is 0 Å². The molecule has 5 nitrogen and oxygen atoms in total. The van der Waals surface area contributed by atoms with Crippen LogP contribution in [0, 0.1) is 0 Å². The number of nitrogens with zero attached hydrogens (tertiary/aromatic N) is 4. The molecule has 0 amide bonds. The average Bonchev–Trinajstić information content (AvgIpc) is 3.20. The van der Waals surface area contributed by atoms with E-state index in [4.69, 9.17) is 5.73 Å². The highest BCUT2D eigenvalue weighted by atomic mass is 15.6. The zero-order valence-electron chi connectivity index (χ0n) is 14.9. The van der Waals surface area contributed by atoms with Gasteiger partial charge in [0.2, 0.25) is 0 Å². The number of hydrogen-bond donors (Lipinski definition) is 1. The molecule has 0 aliphatic heterocycles. The molecule has 27 heavy (non-hydrogen) atoms. The Hall–Kier alpha value is -3.31. The van der Waals surface area contributed by atoms with Crippen molar-refractivity contribution in [1.29, 1.82) is 0 Å². The van der Waals surface area contributed by atoms with Crippen molar-refractivity contribution in [2.45, 2.75) is 12.0 Å². The molecular weight excluding hydrogens is 334 g/mol. The number of aromatic nitrogens is 4. The monoisotopic (exact) mass is 355 g/mol. The number of tetrazole rings is 1. The van der Waals surface area contributed by atoms with E-state index < -0.39 is 5.54 Å². The minimum absolute atomic E-state index is 0.481. The number of nitrogens with two attached hydrogens (primary N) is 1. The average molecular weight is 355 g/mol. The lowest BCUT2D eigenvalue weighted by Crippen LogP contribution is -2.40. The first-order chi connectivity index (χ1) is 13.4. The van der Waals surface area contributed by atoms with E-state index in [1.165, 1.54) is 0 Å². The second-order valence-electron chi connectivity index (χ2n) is 6.35. The highest BCUT2D eigenvalue weighted by Gasteiger charge is 2.41. The number of hydrogen-bond acceptors (Lipinski definition) is 4. The Morgan fingerprint density at radius 2 is 1.15 bits per heavy atom. The van der Waals surface area contributed by atoms with Gasteiger partial charge in [-0.1, -0.05) is 91.0 Å². The molecule has 5 heteroatoms. The van der Waals surface area contributed by atoms with Crippen LogP contribution in [-0.4, -0.2) is 26.8 Å². The van der Waals surface area contributed by atoms with Crippen molar-refractivity contribution >= 4 is 0 Å². The third-order valence-corrected chi connectivity index (χ3v) is 4.79. The molecule has 0 fully saturated rings. The minimum Gasteiger partial charge on any atom is -0.330 e. The third kappa shape index (κ3) is 2.92. The van der Waals surface area contributed by atoms with Crippen LogP contribution in [0.3, 0.4) is 0 Å². The first-order valence-electron chi connectivity index (χ1n) is 9.01. The van der Waals surface area contributed by atoms with Gasteiger partial charge in [-0.2, -0.15) is 0 Å². The van der Waals surface area contributed by atoms with E-state index in [1.807, 2.05) is 59.3 Å². The topological polar surface area (TPSA) is 69.6 Å². The fourth-order valence-corrected chi connectivity index (χ4v) is 3.66.